The summed E-state index contributed by atoms with van der Waals surface area (Å²) < 4.78 is 0. The third-order valence-corrected chi connectivity index (χ3v) is 4.92. The highest BCUT2D eigenvalue weighted by atomic mass is 15.3. The molecule has 0 unspecified atom stereocenters. The predicted octanol–water partition coefficient (Wildman–Crippen LogP) is 3.21. The van der Waals surface area contributed by atoms with Crippen LogP contribution >= 0.6 is 0 Å². The van der Waals surface area contributed by atoms with Crippen LogP contribution in [0.4, 0.5) is 23.3 Å². The van der Waals surface area contributed by atoms with Crippen LogP contribution in [0, 0.1) is 6.92 Å². The second-order valence-electron chi connectivity index (χ2n) is 6.82. The minimum Gasteiger partial charge on any atom is -0.353 e. The summed E-state index contributed by atoms with van der Waals surface area (Å²) in [7, 11) is 0. The zero-order valence-corrected chi connectivity index (χ0v) is 16.3. The van der Waals surface area contributed by atoms with E-state index in [0.717, 1.165) is 61.7 Å². The smallest absolute Gasteiger partial charge is 0.225 e. The van der Waals surface area contributed by atoms with E-state index in [1.165, 1.54) is 5.56 Å². The van der Waals surface area contributed by atoms with Gasteiger partial charge in [0.15, 0.2) is 0 Å². The van der Waals surface area contributed by atoms with Crippen LogP contribution in [0.3, 0.4) is 0 Å². The van der Waals surface area contributed by atoms with Crippen molar-refractivity contribution in [2.75, 3.05) is 41.3 Å². The summed E-state index contributed by atoms with van der Waals surface area (Å²) in [4.78, 5) is 22.5. The molecule has 7 heteroatoms. The molecular weight excluding hydrogens is 350 g/mol. The summed E-state index contributed by atoms with van der Waals surface area (Å²) in [6.07, 6.45) is 4.55. The van der Waals surface area contributed by atoms with Crippen LogP contribution in [0.15, 0.2) is 48.8 Å². The largest absolute Gasteiger partial charge is 0.353 e. The summed E-state index contributed by atoms with van der Waals surface area (Å²) in [5.74, 6) is 3.34. The number of nitrogens with zero attached hydrogens (tertiary/aromatic N) is 6. The topological polar surface area (TPSA) is 70.1 Å². The number of nitrogens with one attached hydrogen (secondary N) is 1. The number of rotatable bonds is 5. The minimum absolute atomic E-state index is 0.766. The number of aryl methyl sites for hydroxylation is 2. The average Bonchev–Trinajstić information content (AvgIpc) is 2.74. The van der Waals surface area contributed by atoms with Crippen molar-refractivity contribution in [2.24, 2.45) is 0 Å². The highest BCUT2D eigenvalue weighted by molar-refractivity contribution is 5.63. The molecule has 0 saturated carbocycles. The molecule has 4 rings (SSSR count). The summed E-state index contributed by atoms with van der Waals surface area (Å²) in [6, 6.07) is 12.2. The van der Waals surface area contributed by atoms with Crippen molar-refractivity contribution in [3.8, 4) is 0 Å². The molecule has 0 aliphatic carbocycles. The Labute approximate surface area is 165 Å². The predicted molar refractivity (Wildman–Crippen MR) is 112 cm³/mol. The minimum atomic E-state index is 0.766. The Hall–Kier alpha value is -3.22. The molecule has 0 radical (unpaired) electrons. The van der Waals surface area contributed by atoms with Crippen molar-refractivity contribution < 1.29 is 0 Å². The van der Waals surface area contributed by atoms with Crippen LogP contribution in [0.5, 0.6) is 0 Å². The molecule has 0 atom stereocenters. The average molecular weight is 375 g/mol. The maximum Gasteiger partial charge on any atom is 0.225 e. The first kappa shape index (κ1) is 18.2. The molecule has 28 heavy (non-hydrogen) atoms. The Morgan fingerprint density at radius 1 is 0.929 bits per heavy atom. The Balaban J connectivity index is 1.49. The van der Waals surface area contributed by atoms with Crippen molar-refractivity contribution in [1.29, 1.82) is 0 Å². The third-order valence-electron chi connectivity index (χ3n) is 4.92. The van der Waals surface area contributed by atoms with E-state index in [1.807, 2.05) is 25.1 Å². The lowest BCUT2D eigenvalue weighted by Gasteiger charge is -2.35. The van der Waals surface area contributed by atoms with Gasteiger partial charge in [0.2, 0.25) is 5.95 Å². The third kappa shape index (κ3) is 4.03. The summed E-state index contributed by atoms with van der Waals surface area (Å²) in [6.45, 7) is 7.59. The fourth-order valence-corrected chi connectivity index (χ4v) is 3.46. The number of hydrogen-bond acceptors (Lipinski definition) is 7. The van der Waals surface area contributed by atoms with Gasteiger partial charge in [-0.25, -0.2) is 19.9 Å². The lowest BCUT2D eigenvalue weighted by Crippen LogP contribution is -2.47. The molecule has 3 heterocycles. The first-order valence-electron chi connectivity index (χ1n) is 9.70. The molecule has 1 aliphatic rings. The number of anilines is 4. The van der Waals surface area contributed by atoms with Gasteiger partial charge in [0.05, 0.1) is 0 Å². The fourth-order valence-electron chi connectivity index (χ4n) is 3.46. The second kappa shape index (κ2) is 8.21. The first-order valence-corrected chi connectivity index (χ1v) is 9.70. The van der Waals surface area contributed by atoms with Gasteiger partial charge in [0.25, 0.3) is 0 Å². The van der Waals surface area contributed by atoms with Crippen LogP contribution in [0.25, 0.3) is 0 Å². The van der Waals surface area contributed by atoms with Crippen LogP contribution in [0.2, 0.25) is 0 Å². The van der Waals surface area contributed by atoms with Crippen molar-refractivity contribution >= 4 is 23.3 Å². The maximum atomic E-state index is 4.66. The van der Waals surface area contributed by atoms with Crippen LogP contribution in [-0.2, 0) is 6.42 Å². The number of hydrogen-bond donors (Lipinski definition) is 1. The standard InChI is InChI=1S/C21H25N7/c1-3-17-7-4-5-8-18(17)26-19-15-20(25-16(2)24-19)27-11-13-28(14-12-27)21-22-9-6-10-23-21/h4-10,15H,3,11-14H2,1-2H3,(H,24,25,26). The lowest BCUT2D eigenvalue weighted by atomic mass is 10.1. The van der Waals surface area contributed by atoms with Crippen molar-refractivity contribution in [3.05, 3.63) is 60.2 Å². The summed E-state index contributed by atoms with van der Waals surface area (Å²) in [5.41, 5.74) is 2.37. The Morgan fingerprint density at radius 3 is 2.39 bits per heavy atom. The Morgan fingerprint density at radius 2 is 1.64 bits per heavy atom. The summed E-state index contributed by atoms with van der Waals surface area (Å²) in [5, 5.41) is 3.47. The first-order chi connectivity index (χ1) is 13.7. The molecule has 1 saturated heterocycles. The molecule has 1 aromatic carbocycles. The molecule has 1 fully saturated rings. The van der Waals surface area contributed by atoms with Crippen molar-refractivity contribution in [1.82, 2.24) is 19.9 Å². The van der Waals surface area contributed by atoms with E-state index in [4.69, 9.17) is 0 Å². The van der Waals surface area contributed by atoms with Crippen molar-refractivity contribution in [3.63, 3.8) is 0 Å². The van der Waals surface area contributed by atoms with Crippen LogP contribution in [-0.4, -0.2) is 46.1 Å². The number of para-hydroxylation sites is 1. The number of aromatic nitrogens is 4. The highest BCUT2D eigenvalue weighted by Gasteiger charge is 2.20. The molecular formula is C21H25N7. The molecule has 0 amide bonds. The summed E-state index contributed by atoms with van der Waals surface area (Å²) >= 11 is 0. The molecule has 2 aromatic heterocycles. The van der Waals surface area contributed by atoms with Crippen molar-refractivity contribution in [2.45, 2.75) is 20.3 Å². The van der Waals surface area contributed by atoms with Gasteiger partial charge in [-0.3, -0.25) is 0 Å². The van der Waals surface area contributed by atoms with Gasteiger partial charge in [-0.15, -0.1) is 0 Å². The van der Waals surface area contributed by atoms with E-state index < -0.39 is 0 Å². The molecule has 1 N–H and O–H groups in total. The molecule has 3 aromatic rings. The lowest BCUT2D eigenvalue weighted by molar-refractivity contribution is 0.633. The van der Waals surface area contributed by atoms with Crippen LogP contribution < -0.4 is 15.1 Å². The molecule has 0 spiro atoms. The Bertz CT molecular complexity index is 921. The monoisotopic (exact) mass is 375 g/mol. The molecule has 1 aliphatic heterocycles. The number of benzene rings is 1. The Kier molecular flexibility index (Phi) is 5.32. The van der Waals surface area contributed by atoms with E-state index in [-0.39, 0.29) is 0 Å². The van der Waals surface area contributed by atoms with Gasteiger partial charge in [-0.2, -0.15) is 0 Å². The molecule has 144 valence electrons. The van der Waals surface area contributed by atoms with Gasteiger partial charge >= 0.3 is 0 Å². The van der Waals surface area contributed by atoms with Gasteiger partial charge in [0, 0.05) is 50.3 Å². The van der Waals surface area contributed by atoms with Gasteiger partial charge in [-0.1, -0.05) is 25.1 Å². The van der Waals surface area contributed by atoms with Gasteiger partial charge in [0.1, 0.15) is 17.5 Å². The number of piperazine rings is 1. The maximum absolute atomic E-state index is 4.66. The quantitative estimate of drug-likeness (QED) is 0.734. The second-order valence-corrected chi connectivity index (χ2v) is 6.82. The zero-order valence-electron chi connectivity index (χ0n) is 16.3. The highest BCUT2D eigenvalue weighted by Crippen LogP contribution is 2.24. The van der Waals surface area contributed by atoms with E-state index in [0.29, 0.717) is 0 Å². The van der Waals surface area contributed by atoms with Gasteiger partial charge in [-0.05, 0) is 31.0 Å². The van der Waals surface area contributed by atoms with Gasteiger partial charge < -0.3 is 15.1 Å². The van der Waals surface area contributed by atoms with E-state index in [1.54, 1.807) is 12.4 Å². The SMILES string of the molecule is CCc1ccccc1Nc1cc(N2CCN(c3ncccn3)CC2)nc(C)n1. The van der Waals surface area contributed by atoms with Crippen LogP contribution in [0.1, 0.15) is 18.3 Å². The molecule has 0 bridgehead atoms. The normalized spacial score (nSPS) is 14.2. The zero-order chi connectivity index (χ0) is 19.3. The van der Waals surface area contributed by atoms with E-state index >= 15 is 0 Å². The van der Waals surface area contributed by atoms with E-state index in [9.17, 15) is 0 Å². The van der Waals surface area contributed by atoms with E-state index in [2.05, 4.69) is 60.2 Å². The fraction of sp³-hybridized carbons (Fsp3) is 0.333. The molecule has 7 nitrogen and oxygen atoms in total.